The number of anilines is 1. The number of nitrogens with zero attached hydrogens (tertiary/aromatic N) is 2. The zero-order valence-corrected chi connectivity index (χ0v) is 14.1. The zero-order valence-electron chi connectivity index (χ0n) is 13.4. The van der Waals surface area contributed by atoms with Gasteiger partial charge in [-0.1, -0.05) is 30.7 Å². The van der Waals surface area contributed by atoms with Gasteiger partial charge in [-0.2, -0.15) is 0 Å². The van der Waals surface area contributed by atoms with Crippen molar-refractivity contribution >= 4 is 17.3 Å². The van der Waals surface area contributed by atoms with E-state index in [9.17, 15) is 4.79 Å². The lowest BCUT2D eigenvalue weighted by molar-refractivity contribution is 0.258. The van der Waals surface area contributed by atoms with Gasteiger partial charge in [-0.05, 0) is 42.8 Å². The van der Waals surface area contributed by atoms with Crippen molar-refractivity contribution in [1.29, 1.82) is 0 Å². The fourth-order valence-electron chi connectivity index (χ4n) is 3.02. The molecule has 0 bridgehead atoms. The molecule has 0 aliphatic carbocycles. The van der Waals surface area contributed by atoms with Crippen LogP contribution in [0.3, 0.4) is 0 Å². The van der Waals surface area contributed by atoms with Crippen LogP contribution in [-0.4, -0.2) is 42.6 Å². The molecule has 1 aromatic heterocycles. The highest BCUT2D eigenvalue weighted by Gasteiger charge is 2.16. The molecule has 4 nitrogen and oxygen atoms in total. The number of pyridine rings is 1. The number of benzene rings is 1. The number of aromatic amines is 1. The van der Waals surface area contributed by atoms with E-state index in [1.807, 2.05) is 18.2 Å². The molecule has 5 heteroatoms. The van der Waals surface area contributed by atoms with Crippen LogP contribution in [0.4, 0.5) is 5.69 Å². The van der Waals surface area contributed by atoms with Crippen molar-refractivity contribution in [2.45, 2.75) is 13.3 Å². The highest BCUT2D eigenvalue weighted by atomic mass is 35.5. The van der Waals surface area contributed by atoms with Crippen LogP contribution in [0.25, 0.3) is 11.3 Å². The third-order valence-electron chi connectivity index (χ3n) is 4.32. The van der Waals surface area contributed by atoms with Gasteiger partial charge in [0.15, 0.2) is 0 Å². The molecule has 122 valence electrons. The zero-order chi connectivity index (χ0) is 16.2. The van der Waals surface area contributed by atoms with Crippen LogP contribution in [0.5, 0.6) is 0 Å². The summed E-state index contributed by atoms with van der Waals surface area (Å²) in [6, 6.07) is 11.8. The van der Waals surface area contributed by atoms with Gasteiger partial charge in [0, 0.05) is 37.6 Å². The van der Waals surface area contributed by atoms with Crippen LogP contribution in [0.2, 0.25) is 5.02 Å². The summed E-state index contributed by atoms with van der Waals surface area (Å²) in [4.78, 5) is 19.3. The molecule has 0 unspecified atom stereocenters. The molecule has 1 fully saturated rings. The molecule has 2 aromatic rings. The van der Waals surface area contributed by atoms with E-state index in [0.29, 0.717) is 0 Å². The Morgan fingerprint density at radius 1 is 1.04 bits per heavy atom. The standard InChI is InChI=1S/C18H22ClN3O/c1-2-9-21-10-12-22(13-11-21)15-5-3-14(4-6-15)17-8-7-16(19)18(23)20-17/h3-8H,2,9-13H2,1H3,(H,20,23). The van der Waals surface area contributed by atoms with E-state index >= 15 is 0 Å². The summed E-state index contributed by atoms with van der Waals surface area (Å²) in [6.07, 6.45) is 1.22. The van der Waals surface area contributed by atoms with Gasteiger partial charge in [-0.25, -0.2) is 0 Å². The second-order valence-corrected chi connectivity index (χ2v) is 6.33. The Morgan fingerprint density at radius 2 is 1.74 bits per heavy atom. The molecule has 0 amide bonds. The van der Waals surface area contributed by atoms with Crippen LogP contribution in [0.15, 0.2) is 41.2 Å². The average molecular weight is 332 g/mol. The first-order valence-electron chi connectivity index (χ1n) is 8.14. The van der Waals surface area contributed by atoms with Crippen molar-refractivity contribution in [1.82, 2.24) is 9.88 Å². The molecule has 1 aliphatic heterocycles. The molecule has 23 heavy (non-hydrogen) atoms. The molecule has 3 rings (SSSR count). The monoisotopic (exact) mass is 331 g/mol. The van der Waals surface area contributed by atoms with Gasteiger partial charge in [0.05, 0.1) is 0 Å². The molecule has 0 spiro atoms. The minimum atomic E-state index is -0.250. The lowest BCUT2D eigenvalue weighted by Crippen LogP contribution is -2.46. The Morgan fingerprint density at radius 3 is 2.35 bits per heavy atom. The van der Waals surface area contributed by atoms with E-state index in [1.165, 1.54) is 18.7 Å². The number of piperazine rings is 1. The third kappa shape index (κ3) is 3.77. The molecule has 1 aliphatic rings. The Bertz CT molecular complexity index is 703. The minimum absolute atomic E-state index is 0.218. The van der Waals surface area contributed by atoms with Crippen molar-refractivity contribution in [3.8, 4) is 11.3 Å². The van der Waals surface area contributed by atoms with Gasteiger partial charge in [-0.3, -0.25) is 9.69 Å². The van der Waals surface area contributed by atoms with Crippen molar-refractivity contribution < 1.29 is 0 Å². The Balaban J connectivity index is 1.70. The lowest BCUT2D eigenvalue weighted by Gasteiger charge is -2.36. The van der Waals surface area contributed by atoms with Crippen molar-refractivity contribution in [3.05, 3.63) is 51.8 Å². The van der Waals surface area contributed by atoms with Crippen molar-refractivity contribution in [2.24, 2.45) is 0 Å². The van der Waals surface area contributed by atoms with E-state index in [-0.39, 0.29) is 10.6 Å². The number of nitrogens with one attached hydrogen (secondary N) is 1. The molecule has 1 aromatic carbocycles. The quantitative estimate of drug-likeness (QED) is 0.935. The Labute approximate surface area is 141 Å². The molecule has 1 N–H and O–H groups in total. The number of H-pyrrole nitrogens is 1. The second kappa shape index (κ2) is 7.20. The molecular formula is C18H22ClN3O. The summed E-state index contributed by atoms with van der Waals surface area (Å²) >= 11 is 5.77. The van der Waals surface area contributed by atoms with Crippen LogP contribution < -0.4 is 10.5 Å². The Hall–Kier alpha value is -1.78. The smallest absolute Gasteiger partial charge is 0.267 e. The maximum atomic E-state index is 11.6. The summed E-state index contributed by atoms with van der Waals surface area (Å²) in [5, 5.41) is 0.218. The lowest BCUT2D eigenvalue weighted by atomic mass is 10.1. The molecule has 0 radical (unpaired) electrons. The third-order valence-corrected chi connectivity index (χ3v) is 4.61. The summed E-state index contributed by atoms with van der Waals surface area (Å²) < 4.78 is 0. The largest absolute Gasteiger partial charge is 0.369 e. The molecule has 0 saturated carbocycles. The first-order valence-corrected chi connectivity index (χ1v) is 8.51. The van der Waals surface area contributed by atoms with Gasteiger partial charge in [0.1, 0.15) is 5.02 Å². The maximum absolute atomic E-state index is 11.6. The van der Waals surface area contributed by atoms with Gasteiger partial charge < -0.3 is 9.88 Å². The first kappa shape index (κ1) is 16.1. The topological polar surface area (TPSA) is 39.3 Å². The number of rotatable bonds is 4. The van der Waals surface area contributed by atoms with Crippen molar-refractivity contribution in [2.75, 3.05) is 37.6 Å². The first-order chi connectivity index (χ1) is 11.2. The number of aromatic nitrogens is 1. The van der Waals surface area contributed by atoms with Crippen LogP contribution in [0, 0.1) is 0 Å². The van der Waals surface area contributed by atoms with Gasteiger partial charge in [-0.15, -0.1) is 0 Å². The number of hydrogen-bond donors (Lipinski definition) is 1. The van der Waals surface area contributed by atoms with Crippen LogP contribution in [-0.2, 0) is 0 Å². The fourth-order valence-corrected chi connectivity index (χ4v) is 3.13. The van der Waals surface area contributed by atoms with Gasteiger partial charge >= 0.3 is 0 Å². The summed E-state index contributed by atoms with van der Waals surface area (Å²) in [6.45, 7) is 7.80. The SMILES string of the molecule is CCCN1CCN(c2ccc(-c3ccc(Cl)c(=O)[nH]3)cc2)CC1. The van der Waals surface area contributed by atoms with E-state index in [0.717, 1.165) is 37.4 Å². The summed E-state index contributed by atoms with van der Waals surface area (Å²) in [7, 11) is 0. The summed E-state index contributed by atoms with van der Waals surface area (Å²) in [5.41, 5.74) is 2.77. The van der Waals surface area contributed by atoms with Crippen molar-refractivity contribution in [3.63, 3.8) is 0 Å². The van der Waals surface area contributed by atoms with Gasteiger partial charge in [0.2, 0.25) is 0 Å². The fraction of sp³-hybridized carbons (Fsp3) is 0.389. The normalized spacial score (nSPS) is 15.8. The summed E-state index contributed by atoms with van der Waals surface area (Å²) in [5.74, 6) is 0. The number of hydrogen-bond acceptors (Lipinski definition) is 3. The highest BCUT2D eigenvalue weighted by molar-refractivity contribution is 6.30. The maximum Gasteiger partial charge on any atom is 0.267 e. The van der Waals surface area contributed by atoms with E-state index < -0.39 is 0 Å². The minimum Gasteiger partial charge on any atom is -0.369 e. The van der Waals surface area contributed by atoms with E-state index in [1.54, 1.807) is 6.07 Å². The average Bonchev–Trinajstić information content (AvgIpc) is 2.59. The Kier molecular flexibility index (Phi) is 5.03. The molecule has 0 atom stereocenters. The van der Waals surface area contributed by atoms with Crippen LogP contribution >= 0.6 is 11.6 Å². The molecule has 1 saturated heterocycles. The van der Waals surface area contributed by atoms with E-state index in [2.05, 4.69) is 33.8 Å². The highest BCUT2D eigenvalue weighted by Crippen LogP contribution is 2.22. The predicted molar refractivity (Wildman–Crippen MR) is 96.5 cm³/mol. The number of halogens is 1. The molecular weight excluding hydrogens is 310 g/mol. The second-order valence-electron chi connectivity index (χ2n) is 5.92. The molecule has 2 heterocycles. The predicted octanol–water partition coefficient (Wildman–Crippen LogP) is 3.23. The van der Waals surface area contributed by atoms with Crippen LogP contribution in [0.1, 0.15) is 13.3 Å². The van der Waals surface area contributed by atoms with Gasteiger partial charge in [0.25, 0.3) is 5.56 Å². The van der Waals surface area contributed by atoms with E-state index in [4.69, 9.17) is 11.6 Å².